The van der Waals surface area contributed by atoms with Gasteiger partial charge in [0.05, 0.1) is 6.61 Å². The lowest BCUT2D eigenvalue weighted by atomic mass is 9.99. The zero-order valence-corrected chi connectivity index (χ0v) is 11.8. The normalized spacial score (nSPS) is 21.8. The lowest BCUT2D eigenvalue weighted by Gasteiger charge is -2.24. The Balaban J connectivity index is 1.88. The lowest BCUT2D eigenvalue weighted by molar-refractivity contribution is 0.0540. The third-order valence-corrected chi connectivity index (χ3v) is 3.71. The van der Waals surface area contributed by atoms with Gasteiger partial charge in [0.2, 0.25) is 0 Å². The van der Waals surface area contributed by atoms with Crippen LogP contribution in [-0.4, -0.2) is 19.8 Å². The highest BCUT2D eigenvalue weighted by atomic mass is 16.5. The Hall–Kier alpha value is -0.860. The monoisotopic (exact) mass is 247 g/mol. The maximum atomic E-state index is 5.52. The number of hydrogen-bond acceptors (Lipinski definition) is 2. The summed E-state index contributed by atoms with van der Waals surface area (Å²) in [5.41, 5.74) is 4.09. The van der Waals surface area contributed by atoms with Gasteiger partial charge in [-0.15, -0.1) is 0 Å². The maximum Gasteiger partial charge on any atom is 0.0506 e. The molecule has 1 N–H and O–H groups in total. The first-order valence-corrected chi connectivity index (χ1v) is 7.04. The highest BCUT2D eigenvalue weighted by Crippen LogP contribution is 2.18. The fourth-order valence-corrected chi connectivity index (χ4v) is 2.69. The predicted octanol–water partition coefficient (Wildman–Crippen LogP) is 3.38. The van der Waals surface area contributed by atoms with E-state index >= 15 is 0 Å². The predicted molar refractivity (Wildman–Crippen MR) is 75.9 cm³/mol. The molecule has 1 heterocycles. The average molecular weight is 247 g/mol. The molecule has 1 fully saturated rings. The number of ether oxygens (including phenoxy) is 1. The molecule has 1 aromatic carbocycles. The fraction of sp³-hybridized carbons (Fsp3) is 0.625. The van der Waals surface area contributed by atoms with Crippen LogP contribution in [0.2, 0.25) is 0 Å². The highest BCUT2D eigenvalue weighted by Gasteiger charge is 2.15. The second-order valence-corrected chi connectivity index (χ2v) is 5.63. The summed E-state index contributed by atoms with van der Waals surface area (Å²) in [5.74, 6) is 0.687. The number of hydrogen-bond donors (Lipinski definition) is 1. The van der Waals surface area contributed by atoms with Crippen LogP contribution in [0.15, 0.2) is 18.2 Å². The van der Waals surface area contributed by atoms with Crippen LogP contribution in [0.3, 0.4) is 0 Å². The number of rotatable bonds is 4. The third-order valence-electron chi connectivity index (χ3n) is 3.71. The molecule has 2 rings (SSSR count). The Kier molecular flexibility index (Phi) is 4.79. The van der Waals surface area contributed by atoms with Crippen molar-refractivity contribution in [3.05, 3.63) is 34.9 Å². The average Bonchev–Trinajstić information content (AvgIpc) is 2.36. The second-order valence-electron chi connectivity index (χ2n) is 5.63. The van der Waals surface area contributed by atoms with Gasteiger partial charge in [0.1, 0.15) is 0 Å². The summed E-state index contributed by atoms with van der Waals surface area (Å²) in [5, 5.41) is 3.64. The van der Waals surface area contributed by atoms with Crippen LogP contribution in [0.1, 0.15) is 42.5 Å². The van der Waals surface area contributed by atoms with Crippen molar-refractivity contribution in [2.24, 2.45) is 5.92 Å². The summed E-state index contributed by atoms with van der Waals surface area (Å²) in [6.07, 6.45) is 2.51. The van der Waals surface area contributed by atoms with Crippen molar-refractivity contribution < 1.29 is 4.74 Å². The van der Waals surface area contributed by atoms with Crippen LogP contribution < -0.4 is 5.32 Å². The van der Waals surface area contributed by atoms with Gasteiger partial charge in [-0.3, -0.25) is 0 Å². The Bertz CT molecular complexity index is 362. The first-order valence-electron chi connectivity index (χ1n) is 7.04. The van der Waals surface area contributed by atoms with Crippen LogP contribution >= 0.6 is 0 Å². The molecule has 18 heavy (non-hydrogen) atoms. The van der Waals surface area contributed by atoms with Gasteiger partial charge in [-0.05, 0) is 45.1 Å². The van der Waals surface area contributed by atoms with Crippen molar-refractivity contribution in [3.8, 4) is 0 Å². The summed E-state index contributed by atoms with van der Waals surface area (Å²) in [4.78, 5) is 0. The summed E-state index contributed by atoms with van der Waals surface area (Å²) < 4.78 is 5.52. The first-order chi connectivity index (χ1) is 8.65. The van der Waals surface area contributed by atoms with Gasteiger partial charge in [-0.25, -0.2) is 0 Å². The van der Waals surface area contributed by atoms with E-state index in [2.05, 4.69) is 44.3 Å². The van der Waals surface area contributed by atoms with Crippen LogP contribution in [0.4, 0.5) is 0 Å². The van der Waals surface area contributed by atoms with Crippen LogP contribution in [-0.2, 0) is 4.74 Å². The molecule has 2 unspecified atom stereocenters. The quantitative estimate of drug-likeness (QED) is 0.880. The minimum Gasteiger partial charge on any atom is -0.381 e. The molecular formula is C16H25NO. The largest absolute Gasteiger partial charge is 0.381 e. The van der Waals surface area contributed by atoms with Crippen molar-refractivity contribution in [1.82, 2.24) is 5.32 Å². The Morgan fingerprint density at radius 1 is 1.28 bits per heavy atom. The van der Waals surface area contributed by atoms with E-state index < -0.39 is 0 Å². The summed E-state index contributed by atoms with van der Waals surface area (Å²) in [7, 11) is 0. The molecule has 0 aliphatic carbocycles. The molecule has 1 aromatic rings. The minimum atomic E-state index is 0.422. The second kappa shape index (κ2) is 6.35. The molecule has 1 aliphatic heterocycles. The molecule has 2 nitrogen and oxygen atoms in total. The van der Waals surface area contributed by atoms with Crippen LogP contribution in [0.25, 0.3) is 0 Å². The van der Waals surface area contributed by atoms with Gasteiger partial charge in [0.15, 0.2) is 0 Å². The third kappa shape index (κ3) is 3.82. The topological polar surface area (TPSA) is 21.3 Å². The maximum absolute atomic E-state index is 5.52. The lowest BCUT2D eigenvalue weighted by Crippen LogP contribution is -2.30. The van der Waals surface area contributed by atoms with Crippen molar-refractivity contribution in [2.45, 2.75) is 39.7 Å². The molecule has 0 saturated carbocycles. The van der Waals surface area contributed by atoms with Gasteiger partial charge >= 0.3 is 0 Å². The van der Waals surface area contributed by atoms with E-state index in [9.17, 15) is 0 Å². The van der Waals surface area contributed by atoms with Crippen molar-refractivity contribution in [1.29, 1.82) is 0 Å². The van der Waals surface area contributed by atoms with E-state index in [1.54, 1.807) is 0 Å². The molecule has 100 valence electrons. The molecule has 1 saturated heterocycles. The summed E-state index contributed by atoms with van der Waals surface area (Å²) in [6.45, 7) is 9.51. The smallest absolute Gasteiger partial charge is 0.0506 e. The van der Waals surface area contributed by atoms with Gasteiger partial charge < -0.3 is 10.1 Å². The molecule has 0 bridgehead atoms. The van der Waals surface area contributed by atoms with Crippen molar-refractivity contribution in [3.63, 3.8) is 0 Å². The summed E-state index contributed by atoms with van der Waals surface area (Å²) in [6, 6.07) is 7.21. The molecule has 0 spiro atoms. The molecule has 2 heteroatoms. The van der Waals surface area contributed by atoms with Crippen molar-refractivity contribution in [2.75, 3.05) is 19.8 Å². The van der Waals surface area contributed by atoms with Crippen LogP contribution in [0, 0.1) is 19.8 Å². The van der Waals surface area contributed by atoms with E-state index in [0.29, 0.717) is 12.0 Å². The number of benzene rings is 1. The van der Waals surface area contributed by atoms with Gasteiger partial charge in [-0.2, -0.15) is 0 Å². The molecule has 0 amide bonds. The zero-order valence-electron chi connectivity index (χ0n) is 11.8. The van der Waals surface area contributed by atoms with Gasteiger partial charge in [0.25, 0.3) is 0 Å². The van der Waals surface area contributed by atoms with Crippen molar-refractivity contribution >= 4 is 0 Å². The Morgan fingerprint density at radius 2 is 2.00 bits per heavy atom. The van der Waals surface area contributed by atoms with Crippen LogP contribution in [0.5, 0.6) is 0 Å². The van der Waals surface area contributed by atoms with E-state index in [4.69, 9.17) is 4.74 Å². The fourth-order valence-electron chi connectivity index (χ4n) is 2.69. The molecular weight excluding hydrogens is 222 g/mol. The van der Waals surface area contributed by atoms with Gasteiger partial charge in [0, 0.05) is 19.2 Å². The first kappa shape index (κ1) is 13.6. The SMILES string of the molecule is Cc1cc(C)cc(C(C)NCC2CCCOC2)c1. The Morgan fingerprint density at radius 3 is 2.61 bits per heavy atom. The molecule has 2 atom stereocenters. The number of aryl methyl sites for hydroxylation is 2. The molecule has 0 aromatic heterocycles. The Labute approximate surface area is 111 Å². The van der Waals surface area contributed by atoms with E-state index in [0.717, 1.165) is 19.8 Å². The van der Waals surface area contributed by atoms with E-state index in [1.807, 2.05) is 0 Å². The molecule has 0 radical (unpaired) electrons. The highest BCUT2D eigenvalue weighted by molar-refractivity contribution is 5.30. The zero-order chi connectivity index (χ0) is 13.0. The van der Waals surface area contributed by atoms with Gasteiger partial charge in [-0.1, -0.05) is 29.3 Å². The van der Waals surface area contributed by atoms with E-state index in [1.165, 1.54) is 29.5 Å². The summed E-state index contributed by atoms with van der Waals surface area (Å²) >= 11 is 0. The molecule has 1 aliphatic rings. The minimum absolute atomic E-state index is 0.422. The van der Waals surface area contributed by atoms with E-state index in [-0.39, 0.29) is 0 Å². The number of nitrogens with one attached hydrogen (secondary N) is 1. The standard InChI is InChI=1S/C16H25NO/c1-12-7-13(2)9-16(8-12)14(3)17-10-15-5-4-6-18-11-15/h7-9,14-15,17H,4-6,10-11H2,1-3H3.